The number of carbonyl (C=O) groups is 1. The fraction of sp³-hybridized carbons (Fsp3) is 0.0952. The smallest absolute Gasteiger partial charge is 0.257 e. The lowest BCUT2D eigenvalue weighted by atomic mass is 10.1. The van der Waals surface area contributed by atoms with Crippen LogP contribution in [-0.4, -0.2) is 35.3 Å². The summed E-state index contributed by atoms with van der Waals surface area (Å²) in [6.07, 6.45) is 4.71. The van der Waals surface area contributed by atoms with Crippen LogP contribution in [0, 0.1) is 0 Å². The van der Waals surface area contributed by atoms with Gasteiger partial charge in [-0.25, -0.2) is 13.4 Å². The van der Waals surface area contributed by atoms with Crippen LogP contribution in [0.3, 0.4) is 0 Å². The van der Waals surface area contributed by atoms with Crippen LogP contribution in [-0.2, 0) is 16.6 Å². The Balaban J connectivity index is 1.39. The van der Waals surface area contributed by atoms with Gasteiger partial charge >= 0.3 is 0 Å². The first-order valence-corrected chi connectivity index (χ1v) is 12.0. The van der Waals surface area contributed by atoms with E-state index in [0.29, 0.717) is 28.6 Å². The summed E-state index contributed by atoms with van der Waals surface area (Å²) in [4.78, 5) is 17.0. The topological polar surface area (TPSA) is 106 Å². The van der Waals surface area contributed by atoms with E-state index in [-0.39, 0.29) is 5.91 Å². The van der Waals surface area contributed by atoms with Crippen LogP contribution in [0.25, 0.3) is 11.3 Å². The van der Waals surface area contributed by atoms with Crippen LogP contribution < -0.4 is 10.0 Å². The van der Waals surface area contributed by atoms with E-state index < -0.39 is 10.0 Å². The molecule has 0 unspecified atom stereocenters. The zero-order valence-electron chi connectivity index (χ0n) is 16.5. The largest absolute Gasteiger partial charge is 0.298 e. The Kier molecular flexibility index (Phi) is 5.83. The zero-order valence-corrected chi connectivity index (χ0v) is 18.2. The number of amides is 1. The second-order valence-electron chi connectivity index (χ2n) is 6.84. The monoisotopic (exact) mass is 453 g/mol. The molecule has 4 aromatic rings. The van der Waals surface area contributed by atoms with Crippen molar-refractivity contribution in [3.8, 4) is 11.3 Å². The highest BCUT2D eigenvalue weighted by molar-refractivity contribution is 7.92. The fourth-order valence-electron chi connectivity index (χ4n) is 2.90. The van der Waals surface area contributed by atoms with Gasteiger partial charge in [0, 0.05) is 34.6 Å². The quantitative estimate of drug-likeness (QED) is 0.444. The number of hydrogen-bond donors (Lipinski definition) is 2. The van der Waals surface area contributed by atoms with E-state index in [1.54, 1.807) is 42.6 Å². The Bertz CT molecular complexity index is 1280. The summed E-state index contributed by atoms with van der Waals surface area (Å²) in [6, 6.07) is 16.1. The summed E-state index contributed by atoms with van der Waals surface area (Å²) < 4.78 is 26.8. The molecule has 0 saturated heterocycles. The first-order valence-electron chi connectivity index (χ1n) is 9.27. The average molecular weight is 454 g/mol. The van der Waals surface area contributed by atoms with E-state index in [4.69, 9.17) is 0 Å². The summed E-state index contributed by atoms with van der Waals surface area (Å²) in [5.74, 6) is -0.237. The number of carbonyl (C=O) groups excluding carboxylic acids is 1. The van der Waals surface area contributed by atoms with Gasteiger partial charge in [0.2, 0.25) is 10.0 Å². The minimum atomic E-state index is -3.32. The molecule has 8 nitrogen and oxygen atoms in total. The lowest BCUT2D eigenvalue weighted by molar-refractivity contribution is 0.102. The van der Waals surface area contributed by atoms with Gasteiger partial charge in [-0.15, -0.1) is 11.3 Å². The molecule has 0 aliphatic heterocycles. The second-order valence-corrected chi connectivity index (χ2v) is 9.45. The third kappa shape index (κ3) is 5.56. The molecule has 0 spiro atoms. The number of anilines is 2. The van der Waals surface area contributed by atoms with Crippen molar-refractivity contribution >= 4 is 38.1 Å². The molecule has 0 radical (unpaired) electrons. The van der Waals surface area contributed by atoms with Gasteiger partial charge < -0.3 is 0 Å². The van der Waals surface area contributed by atoms with Crippen LogP contribution in [0.2, 0.25) is 0 Å². The lowest BCUT2D eigenvalue weighted by Gasteiger charge is -2.05. The molecule has 4 rings (SSSR count). The van der Waals surface area contributed by atoms with Crippen molar-refractivity contribution < 1.29 is 13.2 Å². The average Bonchev–Trinajstić information content (AvgIpc) is 3.40. The highest BCUT2D eigenvalue weighted by atomic mass is 32.2. The maximum Gasteiger partial charge on any atom is 0.257 e. The minimum Gasteiger partial charge on any atom is -0.298 e. The van der Waals surface area contributed by atoms with E-state index in [1.807, 2.05) is 34.5 Å². The first-order chi connectivity index (χ1) is 14.9. The number of benzene rings is 2. The fourth-order valence-corrected chi connectivity index (χ4v) is 4.18. The number of aromatic nitrogens is 3. The number of hydrogen-bond acceptors (Lipinski definition) is 6. The van der Waals surface area contributed by atoms with Crippen molar-refractivity contribution in [1.82, 2.24) is 14.8 Å². The van der Waals surface area contributed by atoms with E-state index >= 15 is 0 Å². The van der Waals surface area contributed by atoms with Crippen LogP contribution in [0.15, 0.2) is 72.4 Å². The minimum absolute atomic E-state index is 0.237. The molecule has 2 aromatic carbocycles. The van der Waals surface area contributed by atoms with Gasteiger partial charge in [0.15, 0.2) is 5.13 Å². The van der Waals surface area contributed by atoms with E-state index in [0.717, 1.165) is 17.4 Å². The summed E-state index contributed by atoms with van der Waals surface area (Å²) in [5, 5.41) is 9.31. The summed E-state index contributed by atoms with van der Waals surface area (Å²) in [6.45, 7) is 0.642. The SMILES string of the molecule is CS(=O)(=O)Nc1ccc(-c2csc(NC(=O)c3ccc(Cn4cccn4)cc3)n2)cc1. The van der Waals surface area contributed by atoms with Gasteiger partial charge in [0.05, 0.1) is 18.5 Å². The molecule has 158 valence electrons. The molecule has 2 N–H and O–H groups in total. The van der Waals surface area contributed by atoms with Crippen LogP contribution in [0.5, 0.6) is 0 Å². The molecule has 2 heterocycles. The van der Waals surface area contributed by atoms with Gasteiger partial charge in [-0.1, -0.05) is 24.3 Å². The van der Waals surface area contributed by atoms with Gasteiger partial charge in [0.25, 0.3) is 5.91 Å². The molecule has 0 atom stereocenters. The molecular weight excluding hydrogens is 434 g/mol. The second kappa shape index (κ2) is 8.70. The maximum atomic E-state index is 12.5. The number of nitrogens with zero attached hydrogens (tertiary/aromatic N) is 3. The third-order valence-electron chi connectivity index (χ3n) is 4.33. The normalized spacial score (nSPS) is 11.3. The molecule has 2 aromatic heterocycles. The maximum absolute atomic E-state index is 12.5. The number of rotatable bonds is 7. The van der Waals surface area contributed by atoms with Crippen LogP contribution in [0.4, 0.5) is 10.8 Å². The Morgan fingerprint density at radius 1 is 1.10 bits per heavy atom. The molecule has 0 fully saturated rings. The molecule has 0 bridgehead atoms. The van der Waals surface area contributed by atoms with E-state index in [2.05, 4.69) is 20.1 Å². The summed E-state index contributed by atoms with van der Waals surface area (Å²) >= 11 is 1.32. The van der Waals surface area contributed by atoms with E-state index in [1.165, 1.54) is 11.3 Å². The van der Waals surface area contributed by atoms with Crippen LogP contribution in [0.1, 0.15) is 15.9 Å². The van der Waals surface area contributed by atoms with Gasteiger partial charge in [-0.05, 0) is 35.9 Å². The van der Waals surface area contributed by atoms with Crippen molar-refractivity contribution in [2.45, 2.75) is 6.54 Å². The highest BCUT2D eigenvalue weighted by Gasteiger charge is 2.11. The van der Waals surface area contributed by atoms with Gasteiger partial charge in [0.1, 0.15) is 0 Å². The van der Waals surface area contributed by atoms with Crippen LogP contribution >= 0.6 is 11.3 Å². The molecule has 1 amide bonds. The van der Waals surface area contributed by atoms with Gasteiger partial charge in [-0.2, -0.15) is 5.10 Å². The number of nitrogens with one attached hydrogen (secondary N) is 2. The third-order valence-corrected chi connectivity index (χ3v) is 5.69. The molecule has 0 saturated carbocycles. The zero-order chi connectivity index (χ0) is 21.8. The van der Waals surface area contributed by atoms with Crippen molar-refractivity contribution in [3.63, 3.8) is 0 Å². The van der Waals surface area contributed by atoms with E-state index in [9.17, 15) is 13.2 Å². The summed E-state index contributed by atoms with van der Waals surface area (Å²) in [7, 11) is -3.32. The highest BCUT2D eigenvalue weighted by Crippen LogP contribution is 2.26. The number of sulfonamides is 1. The summed E-state index contributed by atoms with van der Waals surface area (Å²) in [5.41, 5.74) is 3.58. The molecule has 10 heteroatoms. The van der Waals surface area contributed by atoms with Crippen molar-refractivity contribution in [2.75, 3.05) is 16.3 Å². The molecule has 0 aliphatic rings. The van der Waals surface area contributed by atoms with Gasteiger partial charge in [-0.3, -0.25) is 19.5 Å². The molecule has 31 heavy (non-hydrogen) atoms. The van der Waals surface area contributed by atoms with Crippen molar-refractivity contribution in [3.05, 3.63) is 83.5 Å². The van der Waals surface area contributed by atoms with Crippen molar-refractivity contribution in [2.24, 2.45) is 0 Å². The predicted octanol–water partition coefficient (Wildman–Crippen LogP) is 3.68. The Labute approximate surface area is 183 Å². The number of thiazole rings is 1. The Morgan fingerprint density at radius 2 is 1.84 bits per heavy atom. The predicted molar refractivity (Wildman–Crippen MR) is 122 cm³/mol. The Morgan fingerprint density at radius 3 is 2.48 bits per heavy atom. The first kappa shape index (κ1) is 20.8. The lowest BCUT2D eigenvalue weighted by Crippen LogP contribution is -2.11. The molecular formula is C21H19N5O3S2. The molecule has 0 aliphatic carbocycles. The van der Waals surface area contributed by atoms with Crippen molar-refractivity contribution in [1.29, 1.82) is 0 Å². The Hall–Kier alpha value is -3.50. The standard InChI is InChI=1S/C21H19N5O3S2/c1-31(28,29)25-18-9-7-16(8-10-18)19-14-30-21(23-19)24-20(27)17-5-3-15(4-6-17)13-26-12-2-11-22-26/h2-12,14,25H,13H2,1H3,(H,23,24,27).